The number of sulfonamides is 1. The zero-order chi connectivity index (χ0) is 22.3. The van der Waals surface area contributed by atoms with Crippen LogP contribution >= 0.6 is 0 Å². The van der Waals surface area contributed by atoms with Gasteiger partial charge in [0.25, 0.3) is 0 Å². The maximum Gasteiger partial charge on any atom is 0.243 e. The van der Waals surface area contributed by atoms with Crippen LogP contribution in [0.15, 0.2) is 47.4 Å². The number of ether oxygens (including phenoxy) is 3. The third-order valence-corrected chi connectivity index (χ3v) is 6.49. The number of nitrogens with one attached hydrogen (secondary N) is 1. The Morgan fingerprint density at radius 1 is 1.00 bits per heavy atom. The van der Waals surface area contributed by atoms with Gasteiger partial charge in [0, 0.05) is 13.1 Å². The van der Waals surface area contributed by atoms with Gasteiger partial charge in [-0.05, 0) is 36.2 Å². The van der Waals surface area contributed by atoms with Gasteiger partial charge in [0.1, 0.15) is 5.75 Å². The van der Waals surface area contributed by atoms with E-state index in [1.165, 1.54) is 39.5 Å². The predicted molar refractivity (Wildman–Crippen MR) is 114 cm³/mol. The molecule has 0 aliphatic rings. The molecule has 2 aromatic carbocycles. The number of benzene rings is 2. The number of nitrogens with zero attached hydrogens (tertiary/aromatic N) is 1. The van der Waals surface area contributed by atoms with E-state index in [0.717, 1.165) is 15.6 Å². The highest BCUT2D eigenvalue weighted by molar-refractivity contribution is 7.89. The summed E-state index contributed by atoms with van der Waals surface area (Å²) in [7, 11) is 1.95. The lowest BCUT2D eigenvalue weighted by Gasteiger charge is -2.21. The average molecular weight is 437 g/mol. The summed E-state index contributed by atoms with van der Waals surface area (Å²) in [5.74, 6) is 1.04. The molecule has 1 unspecified atom stereocenters. The van der Waals surface area contributed by atoms with E-state index in [1.54, 1.807) is 7.11 Å². The molecule has 0 saturated heterocycles. The second kappa shape index (κ2) is 10.3. The van der Waals surface area contributed by atoms with E-state index in [0.29, 0.717) is 17.9 Å². The fourth-order valence-corrected chi connectivity index (χ4v) is 4.08. The number of rotatable bonds is 10. The average Bonchev–Trinajstić information content (AvgIpc) is 2.76. The van der Waals surface area contributed by atoms with Crippen molar-refractivity contribution in [3.63, 3.8) is 0 Å². The van der Waals surface area contributed by atoms with Crippen LogP contribution in [0.25, 0.3) is 0 Å². The Morgan fingerprint density at radius 2 is 1.63 bits per heavy atom. The van der Waals surface area contributed by atoms with Gasteiger partial charge in [0.05, 0.1) is 38.8 Å². The highest BCUT2D eigenvalue weighted by atomic mass is 32.2. The molecule has 8 nitrogen and oxygen atoms in total. The van der Waals surface area contributed by atoms with E-state index in [-0.39, 0.29) is 17.5 Å². The van der Waals surface area contributed by atoms with Crippen LogP contribution in [0.1, 0.15) is 24.9 Å². The molecule has 1 amide bonds. The van der Waals surface area contributed by atoms with E-state index in [2.05, 4.69) is 5.32 Å². The van der Waals surface area contributed by atoms with Crippen LogP contribution in [0.4, 0.5) is 0 Å². The van der Waals surface area contributed by atoms with Gasteiger partial charge in [-0.3, -0.25) is 4.79 Å². The summed E-state index contributed by atoms with van der Waals surface area (Å²) in [4.78, 5) is 12.5. The smallest absolute Gasteiger partial charge is 0.243 e. The Labute approximate surface area is 177 Å². The minimum absolute atomic E-state index is 0.0117. The molecule has 0 aliphatic carbocycles. The molecule has 0 aliphatic heterocycles. The van der Waals surface area contributed by atoms with Crippen molar-refractivity contribution in [3.05, 3.63) is 48.0 Å². The molecule has 164 valence electrons. The van der Waals surface area contributed by atoms with Gasteiger partial charge in [-0.2, -0.15) is 4.31 Å². The summed E-state index contributed by atoms with van der Waals surface area (Å²) < 4.78 is 42.2. The van der Waals surface area contributed by atoms with Crippen molar-refractivity contribution < 1.29 is 27.4 Å². The summed E-state index contributed by atoms with van der Waals surface area (Å²) in [5.41, 5.74) is 0.914. The molecule has 0 heterocycles. The highest BCUT2D eigenvalue weighted by Crippen LogP contribution is 2.30. The van der Waals surface area contributed by atoms with E-state index in [9.17, 15) is 13.2 Å². The molecule has 1 N–H and O–H groups in total. The first-order valence-electron chi connectivity index (χ1n) is 9.38. The Hall–Kier alpha value is -2.78. The topological polar surface area (TPSA) is 94.2 Å². The maximum atomic E-state index is 12.9. The first-order valence-corrected chi connectivity index (χ1v) is 10.8. The lowest BCUT2D eigenvalue weighted by Crippen LogP contribution is -2.39. The number of methoxy groups -OCH3 is 3. The van der Waals surface area contributed by atoms with Crippen molar-refractivity contribution in [2.45, 2.75) is 24.3 Å². The molecule has 2 aromatic rings. The van der Waals surface area contributed by atoms with Crippen LogP contribution in [-0.4, -0.2) is 53.6 Å². The van der Waals surface area contributed by atoms with Crippen LogP contribution in [-0.2, 0) is 14.8 Å². The Balaban J connectivity index is 2.11. The van der Waals surface area contributed by atoms with E-state index < -0.39 is 15.9 Å². The molecular weight excluding hydrogens is 408 g/mol. The van der Waals surface area contributed by atoms with E-state index in [4.69, 9.17) is 14.2 Å². The van der Waals surface area contributed by atoms with Crippen LogP contribution in [0.2, 0.25) is 0 Å². The second-order valence-corrected chi connectivity index (χ2v) is 8.62. The van der Waals surface area contributed by atoms with Crippen molar-refractivity contribution in [2.24, 2.45) is 0 Å². The molecule has 0 aromatic heterocycles. The number of carbonyl (C=O) groups is 1. The number of amides is 1. The van der Waals surface area contributed by atoms with E-state index in [1.807, 2.05) is 31.2 Å². The first kappa shape index (κ1) is 23.5. The third-order valence-electron chi connectivity index (χ3n) is 4.69. The maximum absolute atomic E-state index is 12.9. The molecule has 0 saturated carbocycles. The predicted octanol–water partition coefficient (Wildman–Crippen LogP) is 2.60. The van der Waals surface area contributed by atoms with E-state index >= 15 is 0 Å². The summed E-state index contributed by atoms with van der Waals surface area (Å²) in [6.45, 7) is 1.63. The standard InChI is InChI=1S/C21H28N2O6S/c1-6-18(15-7-9-16(27-3)10-8-15)22-21(24)14-23(2)30(25,26)17-11-12-19(28-4)20(13-17)29-5/h7-13,18H,6,14H2,1-5H3,(H,22,24). The van der Waals surface area contributed by atoms with Crippen LogP contribution in [0.5, 0.6) is 17.2 Å². The zero-order valence-corrected chi connectivity index (χ0v) is 18.7. The SMILES string of the molecule is CCC(NC(=O)CN(C)S(=O)(=O)c1ccc(OC)c(OC)c1)c1ccc(OC)cc1. The lowest BCUT2D eigenvalue weighted by molar-refractivity contribution is -0.121. The van der Waals surface area contributed by atoms with Gasteiger partial charge in [0.15, 0.2) is 11.5 Å². The molecule has 1 atom stereocenters. The quantitative estimate of drug-likeness (QED) is 0.615. The minimum atomic E-state index is -3.89. The van der Waals surface area contributed by atoms with Crippen molar-refractivity contribution in [3.8, 4) is 17.2 Å². The van der Waals surface area contributed by atoms with Gasteiger partial charge in [0.2, 0.25) is 15.9 Å². The summed E-state index contributed by atoms with van der Waals surface area (Å²) in [5, 5.41) is 2.89. The molecule has 0 radical (unpaired) electrons. The van der Waals surface area contributed by atoms with Crippen molar-refractivity contribution in [2.75, 3.05) is 34.9 Å². The van der Waals surface area contributed by atoms with Gasteiger partial charge >= 0.3 is 0 Å². The van der Waals surface area contributed by atoms with Gasteiger partial charge in [-0.1, -0.05) is 19.1 Å². The zero-order valence-electron chi connectivity index (χ0n) is 17.8. The number of likely N-dealkylation sites (N-methyl/N-ethyl adjacent to an activating group) is 1. The Kier molecular flexibility index (Phi) is 8.08. The molecule has 0 bridgehead atoms. The largest absolute Gasteiger partial charge is 0.497 e. The number of carbonyl (C=O) groups excluding carboxylic acids is 1. The first-order chi connectivity index (χ1) is 14.3. The van der Waals surface area contributed by atoms with Crippen molar-refractivity contribution in [1.82, 2.24) is 9.62 Å². The molecular formula is C21H28N2O6S. The van der Waals surface area contributed by atoms with Crippen LogP contribution in [0, 0.1) is 0 Å². The molecule has 0 spiro atoms. The monoisotopic (exact) mass is 436 g/mol. The Bertz CT molecular complexity index is 960. The molecule has 2 rings (SSSR count). The Morgan fingerprint density at radius 3 is 2.17 bits per heavy atom. The van der Waals surface area contributed by atoms with Crippen LogP contribution < -0.4 is 19.5 Å². The van der Waals surface area contributed by atoms with Crippen molar-refractivity contribution in [1.29, 1.82) is 0 Å². The third kappa shape index (κ3) is 5.43. The highest BCUT2D eigenvalue weighted by Gasteiger charge is 2.25. The van der Waals surface area contributed by atoms with Gasteiger partial charge < -0.3 is 19.5 Å². The summed E-state index contributed by atoms with van der Waals surface area (Å²) >= 11 is 0. The molecule has 9 heteroatoms. The summed E-state index contributed by atoms with van der Waals surface area (Å²) in [6, 6.07) is 11.4. The summed E-state index contributed by atoms with van der Waals surface area (Å²) in [6.07, 6.45) is 0.657. The fraction of sp³-hybridized carbons (Fsp3) is 0.381. The number of hydrogen-bond donors (Lipinski definition) is 1. The number of hydrogen-bond acceptors (Lipinski definition) is 6. The van der Waals surface area contributed by atoms with Gasteiger partial charge in [-0.25, -0.2) is 8.42 Å². The van der Waals surface area contributed by atoms with Crippen LogP contribution in [0.3, 0.4) is 0 Å². The minimum Gasteiger partial charge on any atom is -0.497 e. The normalized spacial score (nSPS) is 12.3. The molecule has 0 fully saturated rings. The van der Waals surface area contributed by atoms with Gasteiger partial charge in [-0.15, -0.1) is 0 Å². The lowest BCUT2D eigenvalue weighted by atomic mass is 10.0. The van der Waals surface area contributed by atoms with Crippen molar-refractivity contribution >= 4 is 15.9 Å². The second-order valence-electron chi connectivity index (χ2n) is 6.58. The molecule has 30 heavy (non-hydrogen) atoms. The fourth-order valence-electron chi connectivity index (χ4n) is 2.94.